The zero-order chi connectivity index (χ0) is 41.0. The summed E-state index contributed by atoms with van der Waals surface area (Å²) in [6.45, 7) is 0. The number of hydrogen-bond acceptors (Lipinski definition) is 2. The van der Waals surface area contributed by atoms with Gasteiger partial charge in [-0.1, -0.05) is 182 Å². The van der Waals surface area contributed by atoms with Gasteiger partial charge in [-0.05, 0) is 59.7 Å². The molecular weight excluding hydrogens is 753 g/mol. The molecule has 0 bridgehead atoms. The normalized spacial score (nSPS) is 11.5. The smallest absolute Gasteiger partial charge is 0.160 e. The Labute approximate surface area is 359 Å². The highest BCUT2D eigenvalue weighted by molar-refractivity contribution is 6.12. The van der Waals surface area contributed by atoms with Gasteiger partial charge in [0.15, 0.2) is 5.82 Å². The van der Waals surface area contributed by atoms with Crippen LogP contribution in [0.2, 0.25) is 0 Å². The lowest BCUT2D eigenvalue weighted by Crippen LogP contribution is -2.03. The van der Waals surface area contributed by atoms with Gasteiger partial charge in [0.05, 0.1) is 44.8 Å². The summed E-state index contributed by atoms with van der Waals surface area (Å²) in [5, 5.41) is 4.85. The molecule has 0 saturated carbocycles. The van der Waals surface area contributed by atoms with Crippen molar-refractivity contribution in [2.75, 3.05) is 0 Å². The highest BCUT2D eigenvalue weighted by atomic mass is 15.0. The third-order valence-electron chi connectivity index (χ3n) is 12.2. The summed E-state index contributed by atoms with van der Waals surface area (Å²) < 4.78 is 4.87. The predicted octanol–water partition coefficient (Wildman–Crippen LogP) is 15.0. The minimum atomic E-state index is 0.667. The molecule has 0 fully saturated rings. The molecule has 0 unspecified atom stereocenters. The average molecular weight is 791 g/mol. The van der Waals surface area contributed by atoms with Crippen LogP contribution in [0.15, 0.2) is 231 Å². The second-order valence-corrected chi connectivity index (χ2v) is 15.8. The fraction of sp³-hybridized carbons (Fsp3) is 0. The van der Waals surface area contributed by atoms with Gasteiger partial charge in [0, 0.05) is 49.4 Å². The highest BCUT2D eigenvalue weighted by Crippen LogP contribution is 2.43. The Morgan fingerprint density at radius 1 is 0.258 bits per heavy atom. The fourth-order valence-electron chi connectivity index (χ4n) is 9.29. The number of aromatic nitrogens is 4. The predicted molar refractivity (Wildman–Crippen MR) is 258 cm³/mol. The molecule has 0 amide bonds. The van der Waals surface area contributed by atoms with Crippen LogP contribution >= 0.6 is 0 Å². The van der Waals surface area contributed by atoms with Gasteiger partial charge in [-0.15, -0.1) is 0 Å². The maximum absolute atomic E-state index is 5.30. The van der Waals surface area contributed by atoms with Crippen molar-refractivity contribution in [3.05, 3.63) is 231 Å². The molecule has 9 aromatic carbocycles. The molecule has 0 atom stereocenters. The SMILES string of the molecule is c1ccc(-c2ccc3c(c2)c2ccccc2n3-c2cc(-c3nc(-c4ccccc4)cc(-c4ccccc4)n3)ccc2-c2ccccc2-n2c3ccccc3c3ccccc32)cc1. The van der Waals surface area contributed by atoms with Crippen molar-refractivity contribution >= 4 is 43.6 Å². The summed E-state index contributed by atoms with van der Waals surface area (Å²) in [4.78, 5) is 10.6. The minimum absolute atomic E-state index is 0.667. The van der Waals surface area contributed by atoms with Crippen LogP contribution in [-0.4, -0.2) is 19.1 Å². The van der Waals surface area contributed by atoms with E-state index in [4.69, 9.17) is 9.97 Å². The Morgan fingerprint density at radius 3 is 1.29 bits per heavy atom. The van der Waals surface area contributed by atoms with E-state index in [1.165, 1.54) is 43.7 Å². The van der Waals surface area contributed by atoms with Crippen molar-refractivity contribution < 1.29 is 0 Å². The highest BCUT2D eigenvalue weighted by Gasteiger charge is 2.22. The molecule has 0 radical (unpaired) electrons. The van der Waals surface area contributed by atoms with E-state index in [0.717, 1.165) is 61.6 Å². The second kappa shape index (κ2) is 14.7. The van der Waals surface area contributed by atoms with Crippen LogP contribution < -0.4 is 0 Å². The third kappa shape index (κ3) is 5.92. The van der Waals surface area contributed by atoms with Gasteiger partial charge in [-0.3, -0.25) is 0 Å². The first kappa shape index (κ1) is 35.6. The molecule has 0 saturated heterocycles. The van der Waals surface area contributed by atoms with Gasteiger partial charge in [0.2, 0.25) is 0 Å². The van der Waals surface area contributed by atoms with E-state index in [1.54, 1.807) is 0 Å². The van der Waals surface area contributed by atoms with Crippen LogP contribution in [0.5, 0.6) is 0 Å². The second-order valence-electron chi connectivity index (χ2n) is 15.8. The van der Waals surface area contributed by atoms with Crippen LogP contribution in [-0.2, 0) is 0 Å². The number of fused-ring (bicyclic) bond motifs is 6. The first-order valence-electron chi connectivity index (χ1n) is 21.1. The van der Waals surface area contributed by atoms with E-state index in [9.17, 15) is 0 Å². The standard InChI is InChI=1S/C58H38N4/c1-4-18-39(19-5-1)42-33-35-56-49(36-42)47-27-13-17-31-55(47)62(56)57-37-43(58-59-50(40-20-6-2-7-21-40)38-51(60-58)41-22-8-3-9-23-41)32-34-48(57)46-26-12-16-30-54(46)61-52-28-14-10-24-44(52)45-25-11-15-29-53(45)61/h1-38H. The molecule has 3 heterocycles. The molecule has 12 aromatic rings. The average Bonchev–Trinajstić information content (AvgIpc) is 3.87. The van der Waals surface area contributed by atoms with Crippen molar-refractivity contribution in [1.82, 2.24) is 19.1 Å². The Balaban J connectivity index is 1.16. The van der Waals surface area contributed by atoms with Gasteiger partial charge in [-0.2, -0.15) is 0 Å². The van der Waals surface area contributed by atoms with E-state index in [1.807, 2.05) is 12.1 Å². The van der Waals surface area contributed by atoms with Gasteiger partial charge in [0.25, 0.3) is 0 Å². The van der Waals surface area contributed by atoms with Crippen molar-refractivity contribution in [2.45, 2.75) is 0 Å². The summed E-state index contributed by atoms with van der Waals surface area (Å²) >= 11 is 0. The molecule has 62 heavy (non-hydrogen) atoms. The van der Waals surface area contributed by atoms with E-state index in [0.29, 0.717) is 5.82 Å². The molecule has 0 aliphatic carbocycles. The molecule has 0 aliphatic rings. The van der Waals surface area contributed by atoms with Crippen molar-refractivity contribution in [3.63, 3.8) is 0 Å². The summed E-state index contributed by atoms with van der Waals surface area (Å²) in [5.74, 6) is 0.667. The number of para-hydroxylation sites is 4. The lowest BCUT2D eigenvalue weighted by Gasteiger charge is -2.19. The Bertz CT molecular complexity index is 3510. The van der Waals surface area contributed by atoms with E-state index >= 15 is 0 Å². The molecule has 0 N–H and O–H groups in total. The van der Waals surface area contributed by atoms with Crippen molar-refractivity contribution in [2.24, 2.45) is 0 Å². The summed E-state index contributed by atoms with van der Waals surface area (Å²) in [6.07, 6.45) is 0. The van der Waals surface area contributed by atoms with Gasteiger partial charge >= 0.3 is 0 Å². The topological polar surface area (TPSA) is 35.6 Å². The van der Waals surface area contributed by atoms with Crippen LogP contribution in [0.25, 0.3) is 111 Å². The van der Waals surface area contributed by atoms with E-state index in [-0.39, 0.29) is 0 Å². The van der Waals surface area contributed by atoms with Gasteiger partial charge in [0.1, 0.15) is 0 Å². The van der Waals surface area contributed by atoms with Crippen LogP contribution in [0, 0.1) is 0 Å². The van der Waals surface area contributed by atoms with E-state index in [2.05, 4.69) is 228 Å². The maximum Gasteiger partial charge on any atom is 0.160 e. The Hall–Kier alpha value is -8.34. The van der Waals surface area contributed by atoms with Crippen LogP contribution in [0.3, 0.4) is 0 Å². The first-order chi connectivity index (χ1) is 30.8. The van der Waals surface area contributed by atoms with Crippen LogP contribution in [0.1, 0.15) is 0 Å². The maximum atomic E-state index is 5.30. The molecule has 12 rings (SSSR count). The lowest BCUT2D eigenvalue weighted by atomic mass is 9.98. The van der Waals surface area contributed by atoms with E-state index < -0.39 is 0 Å². The Morgan fingerprint density at radius 2 is 0.694 bits per heavy atom. The number of nitrogens with zero attached hydrogens (tertiary/aromatic N) is 4. The number of hydrogen-bond donors (Lipinski definition) is 0. The van der Waals surface area contributed by atoms with Gasteiger partial charge < -0.3 is 9.13 Å². The molecule has 4 heteroatoms. The largest absolute Gasteiger partial charge is 0.309 e. The monoisotopic (exact) mass is 790 g/mol. The number of benzene rings is 9. The summed E-state index contributed by atoms with van der Waals surface area (Å²) in [5.41, 5.74) is 16.1. The lowest BCUT2D eigenvalue weighted by molar-refractivity contribution is 1.15. The molecule has 0 aliphatic heterocycles. The molecular formula is C58H38N4. The van der Waals surface area contributed by atoms with Crippen LogP contribution in [0.4, 0.5) is 0 Å². The quantitative estimate of drug-likeness (QED) is 0.161. The molecule has 3 aromatic heterocycles. The fourth-order valence-corrected chi connectivity index (χ4v) is 9.29. The van der Waals surface area contributed by atoms with Crippen molar-refractivity contribution in [1.29, 1.82) is 0 Å². The van der Waals surface area contributed by atoms with Gasteiger partial charge in [-0.25, -0.2) is 9.97 Å². The summed E-state index contributed by atoms with van der Waals surface area (Å²) in [7, 11) is 0. The zero-order valence-electron chi connectivity index (χ0n) is 33.7. The Kier molecular flexibility index (Phi) is 8.46. The zero-order valence-corrected chi connectivity index (χ0v) is 33.7. The molecule has 4 nitrogen and oxygen atoms in total. The number of rotatable bonds is 7. The molecule has 0 spiro atoms. The summed E-state index contributed by atoms with van der Waals surface area (Å²) in [6, 6.07) is 82.2. The first-order valence-corrected chi connectivity index (χ1v) is 21.1. The minimum Gasteiger partial charge on any atom is -0.309 e. The molecule has 290 valence electrons. The third-order valence-corrected chi connectivity index (χ3v) is 12.2. The van der Waals surface area contributed by atoms with Crippen molar-refractivity contribution in [3.8, 4) is 67.5 Å².